The van der Waals surface area contributed by atoms with Crippen molar-refractivity contribution in [3.8, 4) is 44.8 Å². The largest absolute Gasteiger partial charge is 0.256 e. The van der Waals surface area contributed by atoms with Crippen molar-refractivity contribution < 1.29 is 2.74 Å². The average molecular weight is 605 g/mol. The van der Waals surface area contributed by atoms with E-state index in [4.69, 9.17) is 2.74 Å². The van der Waals surface area contributed by atoms with Crippen molar-refractivity contribution in [2.45, 2.75) is 54.3 Å². The van der Waals surface area contributed by atoms with Crippen molar-refractivity contribution in [3.05, 3.63) is 157 Å². The van der Waals surface area contributed by atoms with Crippen molar-refractivity contribution in [2.75, 3.05) is 0 Å². The van der Waals surface area contributed by atoms with Gasteiger partial charge in [0, 0.05) is 26.3 Å². The Hall–Kier alpha value is -4.82. The Kier molecular flexibility index (Phi) is 9.43. The van der Waals surface area contributed by atoms with Crippen LogP contribution < -0.4 is 0 Å². The first-order valence-corrected chi connectivity index (χ1v) is 16.0. The number of aromatic nitrogens is 2. The van der Waals surface area contributed by atoms with Crippen molar-refractivity contribution in [3.63, 3.8) is 0 Å². The summed E-state index contributed by atoms with van der Waals surface area (Å²) in [5.74, 6) is 0. The highest BCUT2D eigenvalue weighted by Crippen LogP contribution is 2.28. The molecule has 0 spiro atoms. The third kappa shape index (κ3) is 9.59. The smallest absolute Gasteiger partial charge is 0.0708 e. The van der Waals surface area contributed by atoms with E-state index >= 15 is 0 Å². The SMILES string of the molecule is CC(C)(C)Cc1ccc(-c2ccnc(-c3ccccc3)c2)cc1.[2H]C([2H])(c1ccc(-c2ccnc(-c3ccccc3)c2)cc1)C(C)(C)C. The summed E-state index contributed by atoms with van der Waals surface area (Å²) in [5, 5.41) is 0. The van der Waals surface area contributed by atoms with Crippen LogP contribution in [0.2, 0.25) is 0 Å². The lowest BCUT2D eigenvalue weighted by atomic mass is 9.87. The molecule has 0 bridgehead atoms. The summed E-state index contributed by atoms with van der Waals surface area (Å²) < 4.78 is 16.8. The minimum Gasteiger partial charge on any atom is -0.256 e. The van der Waals surface area contributed by atoms with Gasteiger partial charge in [0.25, 0.3) is 0 Å². The van der Waals surface area contributed by atoms with E-state index in [0.717, 1.165) is 40.1 Å². The second-order valence-corrected chi connectivity index (χ2v) is 14.0. The number of hydrogen-bond acceptors (Lipinski definition) is 2. The van der Waals surface area contributed by atoms with Gasteiger partial charge in [-0.2, -0.15) is 0 Å². The van der Waals surface area contributed by atoms with Gasteiger partial charge in [-0.05, 0) is 81.3 Å². The Bertz CT molecular complexity index is 1900. The minimum absolute atomic E-state index is 0.318. The lowest BCUT2D eigenvalue weighted by Gasteiger charge is -2.18. The molecule has 0 unspecified atom stereocenters. The normalized spacial score (nSPS) is 12.4. The third-order valence-corrected chi connectivity index (χ3v) is 7.42. The van der Waals surface area contributed by atoms with Crippen LogP contribution in [0.5, 0.6) is 0 Å². The van der Waals surface area contributed by atoms with Gasteiger partial charge in [-0.15, -0.1) is 0 Å². The zero-order chi connectivity index (χ0) is 34.4. The third-order valence-electron chi connectivity index (χ3n) is 7.42. The van der Waals surface area contributed by atoms with Gasteiger partial charge in [0.1, 0.15) is 0 Å². The quantitative estimate of drug-likeness (QED) is 0.189. The molecule has 232 valence electrons. The molecule has 0 amide bonds. The van der Waals surface area contributed by atoms with Gasteiger partial charge in [-0.1, -0.05) is 151 Å². The number of rotatable bonds is 6. The molecule has 0 atom stereocenters. The minimum atomic E-state index is -1.38. The number of benzene rings is 4. The standard InChI is InChI=1S/2C22H23N/c2*1-22(2,3)16-17-9-11-18(12-10-17)20-13-14-23-21(15-20)19-7-5-4-6-8-19/h2*4-15H,16H2,1-3H3/i16D2;. The molecule has 46 heavy (non-hydrogen) atoms. The van der Waals surface area contributed by atoms with Gasteiger partial charge in [0.15, 0.2) is 0 Å². The van der Waals surface area contributed by atoms with E-state index in [1.165, 1.54) is 16.7 Å². The van der Waals surface area contributed by atoms with Crippen molar-refractivity contribution in [1.29, 1.82) is 0 Å². The zero-order valence-electron chi connectivity index (χ0n) is 30.0. The van der Waals surface area contributed by atoms with Gasteiger partial charge in [-0.25, -0.2) is 0 Å². The molecule has 0 aliphatic heterocycles. The summed E-state index contributed by atoms with van der Waals surface area (Å²) in [4.78, 5) is 8.97. The number of hydrogen-bond donors (Lipinski definition) is 0. The van der Waals surface area contributed by atoms with Crippen molar-refractivity contribution in [2.24, 2.45) is 10.8 Å². The van der Waals surface area contributed by atoms with E-state index in [1.54, 1.807) is 0 Å². The van der Waals surface area contributed by atoms with Crippen LogP contribution in [0.15, 0.2) is 146 Å². The number of pyridine rings is 2. The highest BCUT2D eigenvalue weighted by atomic mass is 14.7. The number of nitrogens with zero attached hydrogens (tertiary/aromatic N) is 2. The van der Waals surface area contributed by atoms with E-state index < -0.39 is 11.8 Å². The Balaban J connectivity index is 0.000000188. The van der Waals surface area contributed by atoms with Crippen molar-refractivity contribution in [1.82, 2.24) is 9.97 Å². The van der Waals surface area contributed by atoms with Gasteiger partial charge in [-0.3, -0.25) is 9.97 Å². The molecule has 6 aromatic rings. The Morgan fingerprint density at radius 3 is 1.24 bits per heavy atom. The second-order valence-electron chi connectivity index (χ2n) is 14.0. The van der Waals surface area contributed by atoms with Crippen LogP contribution in [-0.2, 0) is 12.8 Å². The van der Waals surface area contributed by atoms with Crippen LogP contribution >= 0.6 is 0 Å². The molecule has 0 radical (unpaired) electrons. The molecule has 2 nitrogen and oxygen atoms in total. The van der Waals surface area contributed by atoms with Crippen LogP contribution in [-0.4, -0.2) is 9.97 Å². The van der Waals surface area contributed by atoms with E-state index in [0.29, 0.717) is 11.0 Å². The van der Waals surface area contributed by atoms with Crippen LogP contribution in [0.1, 0.15) is 55.4 Å². The first-order valence-electron chi connectivity index (χ1n) is 17.0. The van der Waals surface area contributed by atoms with Gasteiger partial charge in [0.05, 0.1) is 11.4 Å². The molecule has 0 saturated carbocycles. The van der Waals surface area contributed by atoms with Crippen molar-refractivity contribution >= 4 is 0 Å². The van der Waals surface area contributed by atoms with Gasteiger partial charge >= 0.3 is 0 Å². The Morgan fingerprint density at radius 2 is 0.848 bits per heavy atom. The molecule has 0 saturated heterocycles. The fraction of sp³-hybridized carbons (Fsp3) is 0.227. The average Bonchev–Trinajstić information content (AvgIpc) is 3.09. The lowest BCUT2D eigenvalue weighted by molar-refractivity contribution is 0.411. The maximum atomic E-state index is 8.40. The summed E-state index contributed by atoms with van der Waals surface area (Å²) in [6.45, 7) is 12.6. The van der Waals surface area contributed by atoms with Crippen LogP contribution in [0.4, 0.5) is 0 Å². The molecule has 6 rings (SSSR count). The molecule has 2 heteroatoms. The first-order chi connectivity index (χ1) is 22.8. The summed E-state index contributed by atoms with van der Waals surface area (Å²) >= 11 is 0. The predicted molar refractivity (Wildman–Crippen MR) is 197 cm³/mol. The highest BCUT2D eigenvalue weighted by Gasteiger charge is 2.12. The first kappa shape index (κ1) is 29.9. The molecule has 0 aliphatic carbocycles. The monoisotopic (exact) mass is 604 g/mol. The Morgan fingerprint density at radius 1 is 0.435 bits per heavy atom. The molecule has 0 N–H and O–H groups in total. The topological polar surface area (TPSA) is 25.8 Å². The maximum Gasteiger partial charge on any atom is 0.0708 e. The van der Waals surface area contributed by atoms with Crippen LogP contribution in [0, 0.1) is 10.8 Å². The maximum absolute atomic E-state index is 8.40. The summed E-state index contributed by atoms with van der Waals surface area (Å²) in [6.07, 6.45) is 3.43. The van der Waals surface area contributed by atoms with E-state index in [1.807, 2.05) is 112 Å². The predicted octanol–water partition coefficient (Wildman–Crippen LogP) is 12.0. The summed E-state index contributed by atoms with van der Waals surface area (Å²) in [7, 11) is 0. The molecular formula is C44H46N2. The van der Waals surface area contributed by atoms with Crippen LogP contribution in [0.25, 0.3) is 44.8 Å². The van der Waals surface area contributed by atoms with Crippen LogP contribution in [0.3, 0.4) is 0 Å². The van der Waals surface area contributed by atoms with E-state index in [9.17, 15) is 0 Å². The second kappa shape index (κ2) is 14.5. The Labute approximate surface area is 279 Å². The fourth-order valence-corrected chi connectivity index (χ4v) is 5.36. The summed E-state index contributed by atoms with van der Waals surface area (Å²) in [5.41, 5.74) is 10.7. The molecule has 4 aromatic carbocycles. The van der Waals surface area contributed by atoms with E-state index in [2.05, 4.69) is 85.3 Å². The fourth-order valence-electron chi connectivity index (χ4n) is 5.36. The lowest BCUT2D eigenvalue weighted by Crippen LogP contribution is -2.08. The van der Waals surface area contributed by atoms with Gasteiger partial charge < -0.3 is 0 Å². The molecule has 2 heterocycles. The summed E-state index contributed by atoms with van der Waals surface area (Å²) in [6, 6.07) is 45.4. The molecule has 0 fully saturated rings. The zero-order valence-corrected chi connectivity index (χ0v) is 28.0. The van der Waals surface area contributed by atoms with Gasteiger partial charge in [0.2, 0.25) is 0 Å². The molecule has 0 aliphatic rings. The van der Waals surface area contributed by atoms with E-state index in [-0.39, 0.29) is 0 Å². The highest BCUT2D eigenvalue weighted by molar-refractivity contribution is 5.71. The molecule has 2 aromatic heterocycles. The molecular weight excluding hydrogens is 556 g/mol.